The third-order valence-corrected chi connectivity index (χ3v) is 4.13. The van der Waals surface area contributed by atoms with E-state index in [4.69, 9.17) is 9.05 Å². The molecule has 1 aliphatic rings. The zero-order valence-corrected chi connectivity index (χ0v) is 14.3. The van der Waals surface area contributed by atoms with Crippen molar-refractivity contribution in [2.75, 3.05) is 18.4 Å². The van der Waals surface area contributed by atoms with Crippen LogP contribution in [0.3, 0.4) is 0 Å². The van der Waals surface area contributed by atoms with Gasteiger partial charge < -0.3 is 14.4 Å². The predicted octanol–water partition coefficient (Wildman–Crippen LogP) is 2.66. The molecule has 1 fully saturated rings. The highest BCUT2D eigenvalue weighted by Gasteiger charge is 2.30. The Bertz CT molecular complexity index is 693. The van der Waals surface area contributed by atoms with E-state index in [-0.39, 0.29) is 17.9 Å². The maximum atomic E-state index is 12.0. The Hall–Kier alpha value is -2.22. The van der Waals surface area contributed by atoms with Gasteiger partial charge in [0.25, 0.3) is 0 Å². The molecular weight excluding hydrogens is 310 g/mol. The van der Waals surface area contributed by atoms with Crippen molar-refractivity contribution in [1.29, 1.82) is 0 Å². The van der Waals surface area contributed by atoms with E-state index in [1.807, 2.05) is 13.8 Å². The number of aryl methyl sites for hydroxylation is 1. The Morgan fingerprint density at radius 3 is 2.92 bits per heavy atom. The maximum Gasteiger partial charge on any atom is 0.229 e. The third-order valence-electron chi connectivity index (χ3n) is 4.13. The lowest BCUT2D eigenvalue weighted by Crippen LogP contribution is -2.28. The molecule has 24 heavy (non-hydrogen) atoms. The van der Waals surface area contributed by atoms with Crippen LogP contribution in [0.25, 0.3) is 0 Å². The molecule has 130 valence electrons. The summed E-state index contributed by atoms with van der Waals surface area (Å²) in [6, 6.07) is 1.83. The predicted molar refractivity (Wildman–Crippen MR) is 86.4 cm³/mol. The monoisotopic (exact) mass is 333 g/mol. The fourth-order valence-electron chi connectivity index (χ4n) is 2.88. The first-order valence-electron chi connectivity index (χ1n) is 8.33. The van der Waals surface area contributed by atoms with Crippen LogP contribution in [0.5, 0.6) is 0 Å². The minimum absolute atomic E-state index is 0.0788. The molecule has 8 heteroatoms. The van der Waals surface area contributed by atoms with Crippen molar-refractivity contribution in [3.05, 3.63) is 23.5 Å². The van der Waals surface area contributed by atoms with E-state index in [9.17, 15) is 4.79 Å². The molecule has 1 amide bonds. The smallest absolute Gasteiger partial charge is 0.229 e. The minimum atomic E-state index is -0.0788. The van der Waals surface area contributed by atoms with Crippen molar-refractivity contribution in [2.45, 2.75) is 52.0 Å². The van der Waals surface area contributed by atoms with Crippen LogP contribution in [-0.2, 0) is 4.79 Å². The largest absolute Gasteiger partial charge is 0.360 e. The Morgan fingerprint density at radius 2 is 2.25 bits per heavy atom. The molecule has 1 unspecified atom stereocenters. The van der Waals surface area contributed by atoms with E-state index in [1.54, 1.807) is 13.0 Å². The quantitative estimate of drug-likeness (QED) is 0.867. The van der Waals surface area contributed by atoms with Crippen LogP contribution in [0.15, 0.2) is 15.1 Å². The SMILES string of the molecule is Cc1cc(NC(=O)CCN2CCCC2c2noc(C(C)C)n2)no1. The van der Waals surface area contributed by atoms with E-state index in [2.05, 4.69) is 25.5 Å². The van der Waals surface area contributed by atoms with Crippen molar-refractivity contribution in [1.82, 2.24) is 20.2 Å². The van der Waals surface area contributed by atoms with Crippen molar-refractivity contribution in [3.8, 4) is 0 Å². The van der Waals surface area contributed by atoms with Gasteiger partial charge >= 0.3 is 0 Å². The van der Waals surface area contributed by atoms with Gasteiger partial charge in [-0.2, -0.15) is 4.98 Å². The molecule has 1 saturated heterocycles. The van der Waals surface area contributed by atoms with Gasteiger partial charge in [-0.05, 0) is 26.3 Å². The van der Waals surface area contributed by atoms with Crippen LogP contribution in [0, 0.1) is 6.92 Å². The first-order valence-corrected chi connectivity index (χ1v) is 8.33. The first-order chi connectivity index (χ1) is 11.5. The Kier molecular flexibility index (Phi) is 4.94. The number of nitrogens with zero attached hydrogens (tertiary/aromatic N) is 4. The summed E-state index contributed by atoms with van der Waals surface area (Å²) in [5.41, 5.74) is 0. The molecule has 1 atom stereocenters. The number of anilines is 1. The van der Waals surface area contributed by atoms with Crippen LogP contribution < -0.4 is 5.32 Å². The van der Waals surface area contributed by atoms with E-state index in [0.717, 1.165) is 25.2 Å². The summed E-state index contributed by atoms with van der Waals surface area (Å²) < 4.78 is 10.2. The van der Waals surface area contributed by atoms with Gasteiger partial charge in [0.05, 0.1) is 6.04 Å². The van der Waals surface area contributed by atoms with Gasteiger partial charge in [-0.3, -0.25) is 9.69 Å². The number of amides is 1. The molecule has 2 aromatic heterocycles. The molecule has 0 aromatic carbocycles. The van der Waals surface area contributed by atoms with Gasteiger partial charge in [0.2, 0.25) is 11.8 Å². The van der Waals surface area contributed by atoms with E-state index >= 15 is 0 Å². The van der Waals surface area contributed by atoms with E-state index in [0.29, 0.717) is 30.4 Å². The molecule has 0 spiro atoms. The number of likely N-dealkylation sites (tertiary alicyclic amines) is 1. The topological polar surface area (TPSA) is 97.3 Å². The highest BCUT2D eigenvalue weighted by Crippen LogP contribution is 2.30. The van der Waals surface area contributed by atoms with Gasteiger partial charge in [0, 0.05) is 24.9 Å². The zero-order chi connectivity index (χ0) is 17.1. The van der Waals surface area contributed by atoms with Gasteiger partial charge in [-0.15, -0.1) is 0 Å². The standard InChI is InChI=1S/C16H23N5O3/c1-10(2)16-18-15(20-24-16)12-5-4-7-21(12)8-6-14(22)17-13-9-11(3)23-19-13/h9-10,12H,4-8H2,1-3H3,(H,17,19,22). The van der Waals surface area contributed by atoms with Crippen LogP contribution in [0.2, 0.25) is 0 Å². The number of carbonyl (C=O) groups is 1. The number of carbonyl (C=O) groups excluding carboxylic acids is 1. The second kappa shape index (κ2) is 7.12. The van der Waals surface area contributed by atoms with Gasteiger partial charge in [0.1, 0.15) is 5.76 Å². The normalized spacial score (nSPS) is 18.4. The fraction of sp³-hybridized carbons (Fsp3) is 0.625. The fourth-order valence-corrected chi connectivity index (χ4v) is 2.88. The van der Waals surface area contributed by atoms with Crippen LogP contribution in [0.1, 0.15) is 62.5 Å². The lowest BCUT2D eigenvalue weighted by molar-refractivity contribution is -0.116. The van der Waals surface area contributed by atoms with Crippen molar-refractivity contribution in [3.63, 3.8) is 0 Å². The maximum absolute atomic E-state index is 12.0. The lowest BCUT2D eigenvalue weighted by atomic mass is 10.2. The zero-order valence-electron chi connectivity index (χ0n) is 14.3. The second-order valence-corrected chi connectivity index (χ2v) is 6.46. The number of hydrogen-bond acceptors (Lipinski definition) is 7. The van der Waals surface area contributed by atoms with Crippen molar-refractivity contribution in [2.24, 2.45) is 0 Å². The van der Waals surface area contributed by atoms with Gasteiger partial charge in [0.15, 0.2) is 11.6 Å². The van der Waals surface area contributed by atoms with E-state index in [1.165, 1.54) is 0 Å². The number of rotatable bonds is 6. The van der Waals surface area contributed by atoms with Gasteiger partial charge in [-0.1, -0.05) is 24.2 Å². The number of nitrogens with one attached hydrogen (secondary N) is 1. The summed E-state index contributed by atoms with van der Waals surface area (Å²) in [6.07, 6.45) is 2.44. The van der Waals surface area contributed by atoms with Crippen molar-refractivity contribution < 1.29 is 13.8 Å². The molecule has 0 saturated carbocycles. The molecule has 0 aliphatic carbocycles. The number of hydrogen-bond donors (Lipinski definition) is 1. The molecule has 1 aliphatic heterocycles. The summed E-state index contributed by atoms with van der Waals surface area (Å²) in [5.74, 6) is 2.65. The molecule has 0 radical (unpaired) electrons. The lowest BCUT2D eigenvalue weighted by Gasteiger charge is -2.21. The summed E-state index contributed by atoms with van der Waals surface area (Å²) in [4.78, 5) is 18.8. The first kappa shape index (κ1) is 16.6. The number of aromatic nitrogens is 3. The average Bonchev–Trinajstić information content (AvgIpc) is 3.24. The highest BCUT2D eigenvalue weighted by atomic mass is 16.5. The minimum Gasteiger partial charge on any atom is -0.360 e. The highest BCUT2D eigenvalue weighted by molar-refractivity contribution is 5.89. The summed E-state index contributed by atoms with van der Waals surface area (Å²) in [7, 11) is 0. The van der Waals surface area contributed by atoms with Crippen LogP contribution in [-0.4, -0.2) is 39.2 Å². The Labute approximate surface area is 140 Å². The Balaban J connectivity index is 1.54. The Morgan fingerprint density at radius 1 is 1.42 bits per heavy atom. The molecule has 2 aromatic rings. The molecule has 0 bridgehead atoms. The van der Waals surface area contributed by atoms with E-state index < -0.39 is 0 Å². The van der Waals surface area contributed by atoms with Crippen LogP contribution in [0.4, 0.5) is 5.82 Å². The van der Waals surface area contributed by atoms with Crippen molar-refractivity contribution >= 4 is 11.7 Å². The third kappa shape index (κ3) is 3.81. The van der Waals surface area contributed by atoms with Crippen LogP contribution >= 0.6 is 0 Å². The molecule has 8 nitrogen and oxygen atoms in total. The summed E-state index contributed by atoms with van der Waals surface area (Å²) >= 11 is 0. The molecular formula is C16H23N5O3. The molecule has 1 N–H and O–H groups in total. The van der Waals surface area contributed by atoms with Gasteiger partial charge in [-0.25, -0.2) is 0 Å². The second-order valence-electron chi connectivity index (χ2n) is 6.46. The molecule has 3 heterocycles. The summed E-state index contributed by atoms with van der Waals surface area (Å²) in [6.45, 7) is 7.43. The summed E-state index contributed by atoms with van der Waals surface area (Å²) in [5, 5.41) is 10.6. The molecule has 3 rings (SSSR count). The average molecular weight is 333 g/mol.